The minimum absolute atomic E-state index is 0.0761. The van der Waals surface area contributed by atoms with Crippen molar-refractivity contribution < 1.29 is 13.2 Å². The Kier molecular flexibility index (Phi) is 6.54. The zero-order valence-electron chi connectivity index (χ0n) is 15.9. The van der Waals surface area contributed by atoms with Crippen molar-refractivity contribution in [2.75, 3.05) is 25.9 Å². The monoisotopic (exact) mass is 418 g/mol. The highest BCUT2D eigenvalue weighted by Gasteiger charge is 2.26. The van der Waals surface area contributed by atoms with E-state index >= 15 is 0 Å². The third kappa shape index (κ3) is 4.63. The van der Waals surface area contributed by atoms with Crippen molar-refractivity contribution in [2.24, 2.45) is 4.99 Å². The van der Waals surface area contributed by atoms with Gasteiger partial charge in [0, 0.05) is 30.6 Å². The van der Waals surface area contributed by atoms with Gasteiger partial charge < -0.3 is 4.74 Å². The first kappa shape index (κ1) is 20.6. The van der Waals surface area contributed by atoms with Gasteiger partial charge in [0.1, 0.15) is 11.5 Å². The van der Waals surface area contributed by atoms with Crippen LogP contribution in [0.1, 0.15) is 12.5 Å². The van der Waals surface area contributed by atoms with Crippen molar-refractivity contribution in [2.45, 2.75) is 13.3 Å². The van der Waals surface area contributed by atoms with Crippen molar-refractivity contribution in [1.82, 2.24) is 4.31 Å². The van der Waals surface area contributed by atoms with Crippen LogP contribution in [0.15, 0.2) is 65.2 Å². The van der Waals surface area contributed by atoms with E-state index in [1.807, 2.05) is 54.6 Å². The number of hydrogen-bond acceptors (Lipinski definition) is 4. The second-order valence-electron chi connectivity index (χ2n) is 6.40. The Balaban J connectivity index is 1.89. The number of aliphatic imine (C=N–C) groups is 1. The predicted molar refractivity (Wildman–Crippen MR) is 114 cm³/mol. The number of ether oxygens (including phenoxy) is 1. The van der Waals surface area contributed by atoms with E-state index in [1.54, 1.807) is 14.0 Å². The lowest BCUT2D eigenvalue weighted by Crippen LogP contribution is -2.40. The molecular weight excluding hydrogens is 396 g/mol. The summed E-state index contributed by atoms with van der Waals surface area (Å²) in [7, 11) is -1.58. The molecule has 7 heteroatoms. The summed E-state index contributed by atoms with van der Waals surface area (Å²) in [5, 5.41) is 0.605. The Hall–Kier alpha value is -2.15. The molecule has 1 aliphatic heterocycles. The summed E-state index contributed by atoms with van der Waals surface area (Å²) in [5.41, 5.74) is 2.57. The number of benzene rings is 2. The summed E-state index contributed by atoms with van der Waals surface area (Å²) in [4.78, 5) is 4.32. The fraction of sp³-hybridized carbons (Fsp3) is 0.286. The molecule has 0 N–H and O–H groups in total. The van der Waals surface area contributed by atoms with Gasteiger partial charge >= 0.3 is 0 Å². The van der Waals surface area contributed by atoms with E-state index in [0.29, 0.717) is 23.7 Å². The molecule has 2 aromatic carbocycles. The molecule has 5 nitrogen and oxygen atoms in total. The van der Waals surface area contributed by atoms with Gasteiger partial charge in [-0.05, 0) is 36.8 Å². The summed E-state index contributed by atoms with van der Waals surface area (Å²) >= 11 is 6.48. The van der Waals surface area contributed by atoms with Gasteiger partial charge in [-0.25, -0.2) is 8.42 Å². The Morgan fingerprint density at radius 2 is 1.89 bits per heavy atom. The van der Waals surface area contributed by atoms with Crippen LogP contribution in [-0.4, -0.2) is 44.3 Å². The van der Waals surface area contributed by atoms with Gasteiger partial charge in [0.15, 0.2) is 0 Å². The summed E-state index contributed by atoms with van der Waals surface area (Å²) in [6.07, 6.45) is 2.43. The number of rotatable bonds is 6. The normalized spacial score (nSPS) is 16.8. The maximum Gasteiger partial charge on any atom is 0.214 e. The lowest BCUT2D eigenvalue weighted by molar-refractivity contribution is 0.473. The summed E-state index contributed by atoms with van der Waals surface area (Å²) in [6, 6.07) is 15.1. The summed E-state index contributed by atoms with van der Waals surface area (Å²) in [5.74, 6) is 1.49. The van der Waals surface area contributed by atoms with Crippen LogP contribution >= 0.6 is 11.6 Å². The highest BCUT2D eigenvalue weighted by molar-refractivity contribution is 7.89. The third-order valence-corrected chi connectivity index (χ3v) is 6.83. The Morgan fingerprint density at radius 3 is 2.57 bits per heavy atom. The van der Waals surface area contributed by atoms with E-state index in [1.165, 1.54) is 4.31 Å². The lowest BCUT2D eigenvalue weighted by Gasteiger charge is -2.27. The zero-order chi connectivity index (χ0) is 20.1. The van der Waals surface area contributed by atoms with E-state index in [0.717, 1.165) is 22.6 Å². The van der Waals surface area contributed by atoms with E-state index in [4.69, 9.17) is 16.3 Å². The first-order chi connectivity index (χ1) is 13.4. The number of nitrogens with zero attached hydrogens (tertiary/aromatic N) is 2. The van der Waals surface area contributed by atoms with Crippen molar-refractivity contribution in [1.29, 1.82) is 0 Å². The molecule has 0 bridgehead atoms. The number of para-hydroxylation sites is 1. The largest absolute Gasteiger partial charge is 0.457 e. The van der Waals surface area contributed by atoms with Gasteiger partial charge in [-0.1, -0.05) is 41.9 Å². The van der Waals surface area contributed by atoms with Crippen LogP contribution in [0.3, 0.4) is 0 Å². The minimum Gasteiger partial charge on any atom is -0.457 e. The number of hydrogen-bond donors (Lipinski definition) is 0. The molecule has 0 radical (unpaired) electrons. The molecule has 0 fully saturated rings. The molecule has 0 unspecified atom stereocenters. The molecule has 3 rings (SSSR count). The van der Waals surface area contributed by atoms with Crippen molar-refractivity contribution >= 4 is 27.3 Å². The third-order valence-electron chi connectivity index (χ3n) is 4.68. The molecule has 0 saturated carbocycles. The van der Waals surface area contributed by atoms with E-state index in [2.05, 4.69) is 4.99 Å². The lowest BCUT2D eigenvalue weighted by atomic mass is 9.97. The second-order valence-corrected chi connectivity index (χ2v) is 9.07. The van der Waals surface area contributed by atoms with Gasteiger partial charge in [-0.15, -0.1) is 0 Å². The van der Waals surface area contributed by atoms with Gasteiger partial charge in [-0.2, -0.15) is 4.31 Å². The smallest absolute Gasteiger partial charge is 0.214 e. The predicted octanol–water partition coefficient (Wildman–Crippen LogP) is 4.34. The Labute approximate surface area is 171 Å². The van der Waals surface area contributed by atoms with Gasteiger partial charge in [0.25, 0.3) is 0 Å². The fourth-order valence-corrected chi connectivity index (χ4v) is 4.28. The molecule has 0 aromatic heterocycles. The van der Waals surface area contributed by atoms with Crippen molar-refractivity contribution in [3.05, 3.63) is 70.8 Å². The molecule has 0 saturated heterocycles. The second kappa shape index (κ2) is 8.90. The molecule has 1 aliphatic rings. The molecule has 28 heavy (non-hydrogen) atoms. The van der Waals surface area contributed by atoms with E-state index < -0.39 is 10.0 Å². The average molecular weight is 419 g/mol. The van der Waals surface area contributed by atoms with Gasteiger partial charge in [0.05, 0.1) is 18.0 Å². The number of sulfonamides is 1. The van der Waals surface area contributed by atoms with E-state index in [9.17, 15) is 8.42 Å². The standard InChI is InChI=1S/C21H23ClN2O3S/c1-3-28(25,26)24-13-12-16(20(15-24)23-2)14-18-19(22)10-7-11-21(18)27-17-8-5-4-6-9-17/h4-12H,3,13-15H2,1-2H3. The summed E-state index contributed by atoms with van der Waals surface area (Å²) in [6.45, 7) is 2.26. The molecule has 0 amide bonds. The molecule has 1 heterocycles. The highest BCUT2D eigenvalue weighted by Crippen LogP contribution is 2.33. The highest BCUT2D eigenvalue weighted by atomic mass is 35.5. The van der Waals surface area contributed by atoms with Gasteiger partial charge in [0.2, 0.25) is 10.0 Å². The quantitative estimate of drug-likeness (QED) is 0.701. The first-order valence-corrected chi connectivity index (χ1v) is 11.1. The first-order valence-electron chi connectivity index (χ1n) is 9.07. The number of halogens is 1. The minimum atomic E-state index is -3.26. The van der Waals surface area contributed by atoms with Crippen LogP contribution in [0.25, 0.3) is 0 Å². The Bertz CT molecular complexity index is 1000. The average Bonchev–Trinajstić information content (AvgIpc) is 2.71. The SMILES string of the molecule is CCS(=O)(=O)N1CC=C(Cc2c(Cl)cccc2Oc2ccccc2)C(=NC)C1. The Morgan fingerprint density at radius 1 is 1.14 bits per heavy atom. The zero-order valence-corrected chi connectivity index (χ0v) is 17.5. The van der Waals surface area contributed by atoms with Crippen molar-refractivity contribution in [3.63, 3.8) is 0 Å². The molecule has 148 valence electrons. The molecule has 2 aromatic rings. The van der Waals surface area contributed by atoms with E-state index in [-0.39, 0.29) is 12.3 Å². The fourth-order valence-electron chi connectivity index (χ4n) is 3.06. The topological polar surface area (TPSA) is 59.0 Å². The molecular formula is C21H23ClN2O3S. The van der Waals surface area contributed by atoms with Crippen molar-refractivity contribution in [3.8, 4) is 11.5 Å². The maximum atomic E-state index is 12.2. The van der Waals surface area contributed by atoms with Crippen LogP contribution in [0.5, 0.6) is 11.5 Å². The molecule has 0 spiro atoms. The molecule has 0 aliphatic carbocycles. The van der Waals surface area contributed by atoms with Crippen LogP contribution in [0, 0.1) is 0 Å². The van der Waals surface area contributed by atoms with Gasteiger partial charge in [-0.3, -0.25) is 4.99 Å². The van der Waals surface area contributed by atoms with Crippen LogP contribution in [0.2, 0.25) is 5.02 Å². The van der Waals surface area contributed by atoms with Crippen LogP contribution < -0.4 is 4.74 Å². The van der Waals surface area contributed by atoms with Crippen LogP contribution in [0.4, 0.5) is 0 Å². The van der Waals surface area contributed by atoms with Crippen LogP contribution in [-0.2, 0) is 16.4 Å². The molecule has 0 atom stereocenters. The summed E-state index contributed by atoms with van der Waals surface area (Å²) < 4.78 is 31.9. The maximum absolute atomic E-state index is 12.2.